The van der Waals surface area contributed by atoms with Gasteiger partial charge in [0.05, 0.1) is 19.5 Å². The summed E-state index contributed by atoms with van der Waals surface area (Å²) in [7, 11) is -4.26. The number of allylic oxidation sites excluding steroid dienone is 3. The van der Waals surface area contributed by atoms with E-state index in [9.17, 15) is 14.3 Å². The molecule has 0 aliphatic carbocycles. The second-order valence-electron chi connectivity index (χ2n) is 13.9. The molecular weight excluding hydrogens is 649 g/mol. The zero-order valence-corrected chi connectivity index (χ0v) is 33.5. The van der Waals surface area contributed by atoms with Gasteiger partial charge in [-0.3, -0.25) is 13.8 Å². The van der Waals surface area contributed by atoms with E-state index in [4.69, 9.17) is 24.3 Å². The summed E-state index contributed by atoms with van der Waals surface area (Å²) in [6.07, 6.45) is 42.9. The molecule has 0 saturated heterocycles. The highest BCUT2D eigenvalue weighted by atomic mass is 31.2. The predicted octanol–water partition coefficient (Wildman–Crippen LogP) is 12.4. The minimum atomic E-state index is -4.26. The monoisotopic (exact) mass is 730 g/mol. The molecule has 0 fully saturated rings. The third-order valence-electron chi connectivity index (χ3n) is 8.96. The SMILES string of the molecule is CCCCCCC=CCCCCCCCCC=CO[C@H](COC(=O)CCCCCCCCCCCCCCCCC)COP(=O)(O)OCCN. The van der Waals surface area contributed by atoms with E-state index in [1.54, 1.807) is 6.26 Å². The Bertz CT molecular complexity index is 823. The van der Waals surface area contributed by atoms with Crippen molar-refractivity contribution in [3.8, 4) is 0 Å². The summed E-state index contributed by atoms with van der Waals surface area (Å²) in [6, 6.07) is 0. The van der Waals surface area contributed by atoms with Crippen molar-refractivity contribution in [2.75, 3.05) is 26.4 Å². The predicted molar refractivity (Wildman–Crippen MR) is 210 cm³/mol. The first kappa shape index (κ1) is 48.8. The number of unbranched alkanes of at least 4 members (excludes halogenated alkanes) is 25. The minimum Gasteiger partial charge on any atom is -0.492 e. The number of carbonyl (C=O) groups is 1. The van der Waals surface area contributed by atoms with Gasteiger partial charge in [0.15, 0.2) is 6.10 Å². The molecule has 9 heteroatoms. The van der Waals surface area contributed by atoms with Crippen LogP contribution in [0.2, 0.25) is 0 Å². The fourth-order valence-corrected chi connectivity index (χ4v) is 6.56. The van der Waals surface area contributed by atoms with Gasteiger partial charge in [-0.25, -0.2) is 4.57 Å². The van der Waals surface area contributed by atoms with Gasteiger partial charge in [0.2, 0.25) is 0 Å². The zero-order valence-electron chi connectivity index (χ0n) is 32.6. The molecule has 0 heterocycles. The van der Waals surface area contributed by atoms with Gasteiger partial charge in [0.25, 0.3) is 0 Å². The molecular formula is C41H80NO7P. The third-order valence-corrected chi connectivity index (χ3v) is 9.94. The van der Waals surface area contributed by atoms with Gasteiger partial charge >= 0.3 is 13.8 Å². The molecule has 2 atom stereocenters. The summed E-state index contributed by atoms with van der Waals surface area (Å²) in [4.78, 5) is 22.2. The maximum absolute atomic E-state index is 12.4. The fraction of sp³-hybridized carbons (Fsp3) is 0.878. The summed E-state index contributed by atoms with van der Waals surface area (Å²) < 4.78 is 33.2. The molecule has 0 amide bonds. The van der Waals surface area contributed by atoms with Crippen LogP contribution < -0.4 is 5.73 Å². The Morgan fingerprint density at radius 3 is 1.50 bits per heavy atom. The Morgan fingerprint density at radius 1 is 0.600 bits per heavy atom. The van der Waals surface area contributed by atoms with Crippen LogP contribution in [0, 0.1) is 0 Å². The van der Waals surface area contributed by atoms with Crippen LogP contribution in [-0.2, 0) is 27.9 Å². The van der Waals surface area contributed by atoms with Crippen LogP contribution >= 0.6 is 7.82 Å². The van der Waals surface area contributed by atoms with Crippen LogP contribution in [0.4, 0.5) is 0 Å². The number of phosphoric ester groups is 1. The molecule has 0 aromatic carbocycles. The van der Waals surface area contributed by atoms with Crippen molar-refractivity contribution < 1.29 is 32.8 Å². The molecule has 0 bridgehead atoms. The van der Waals surface area contributed by atoms with Crippen LogP contribution in [0.25, 0.3) is 0 Å². The molecule has 0 aromatic rings. The minimum absolute atomic E-state index is 0.0627. The van der Waals surface area contributed by atoms with E-state index in [1.807, 2.05) is 6.08 Å². The molecule has 3 N–H and O–H groups in total. The average molecular weight is 730 g/mol. The van der Waals surface area contributed by atoms with Crippen LogP contribution in [0.1, 0.15) is 200 Å². The van der Waals surface area contributed by atoms with Crippen LogP contribution in [0.3, 0.4) is 0 Å². The summed E-state index contributed by atoms with van der Waals surface area (Å²) in [5.41, 5.74) is 5.36. The maximum Gasteiger partial charge on any atom is 0.472 e. The molecule has 296 valence electrons. The summed E-state index contributed by atoms with van der Waals surface area (Å²) in [5.74, 6) is -0.290. The highest BCUT2D eigenvalue weighted by Crippen LogP contribution is 2.43. The first-order valence-corrected chi connectivity index (χ1v) is 22.4. The van der Waals surface area contributed by atoms with Gasteiger partial charge in [-0.05, 0) is 51.0 Å². The molecule has 0 aliphatic rings. The van der Waals surface area contributed by atoms with Gasteiger partial charge in [0.1, 0.15) is 6.61 Å². The molecule has 0 rings (SSSR count). The lowest BCUT2D eigenvalue weighted by molar-refractivity contribution is -0.147. The smallest absolute Gasteiger partial charge is 0.472 e. The van der Waals surface area contributed by atoms with Crippen molar-refractivity contribution in [1.82, 2.24) is 0 Å². The van der Waals surface area contributed by atoms with Crippen LogP contribution in [0.5, 0.6) is 0 Å². The van der Waals surface area contributed by atoms with Gasteiger partial charge in [-0.2, -0.15) is 0 Å². The number of phosphoric acid groups is 1. The summed E-state index contributed by atoms with van der Waals surface area (Å²) >= 11 is 0. The maximum atomic E-state index is 12.4. The Labute approximate surface area is 308 Å². The number of esters is 1. The van der Waals surface area contributed by atoms with Crippen molar-refractivity contribution >= 4 is 13.8 Å². The van der Waals surface area contributed by atoms with E-state index in [1.165, 1.54) is 148 Å². The number of carbonyl (C=O) groups excluding carboxylic acids is 1. The molecule has 0 aliphatic heterocycles. The molecule has 0 radical (unpaired) electrons. The van der Waals surface area contributed by atoms with E-state index in [-0.39, 0.29) is 32.3 Å². The summed E-state index contributed by atoms with van der Waals surface area (Å²) in [6.45, 7) is 4.21. The van der Waals surface area contributed by atoms with Gasteiger partial charge in [-0.1, -0.05) is 161 Å². The number of rotatable bonds is 40. The lowest BCUT2D eigenvalue weighted by Crippen LogP contribution is -2.25. The molecule has 8 nitrogen and oxygen atoms in total. The average Bonchev–Trinajstić information content (AvgIpc) is 3.11. The first-order valence-electron chi connectivity index (χ1n) is 20.9. The normalized spacial score (nSPS) is 13.7. The van der Waals surface area contributed by atoms with Crippen molar-refractivity contribution in [2.45, 2.75) is 206 Å². The number of hydrogen-bond acceptors (Lipinski definition) is 7. The number of nitrogens with two attached hydrogens (primary N) is 1. The summed E-state index contributed by atoms with van der Waals surface area (Å²) in [5, 5.41) is 0. The van der Waals surface area contributed by atoms with Crippen molar-refractivity contribution in [1.29, 1.82) is 0 Å². The fourth-order valence-electron chi connectivity index (χ4n) is 5.80. The van der Waals surface area contributed by atoms with E-state index in [0.717, 1.165) is 32.1 Å². The molecule has 0 aromatic heterocycles. The number of hydrogen-bond donors (Lipinski definition) is 2. The number of ether oxygens (including phenoxy) is 2. The Balaban J connectivity index is 4.08. The highest BCUT2D eigenvalue weighted by molar-refractivity contribution is 7.47. The van der Waals surface area contributed by atoms with E-state index in [2.05, 4.69) is 26.0 Å². The largest absolute Gasteiger partial charge is 0.492 e. The lowest BCUT2D eigenvalue weighted by atomic mass is 10.0. The van der Waals surface area contributed by atoms with Crippen LogP contribution in [0.15, 0.2) is 24.5 Å². The topological polar surface area (TPSA) is 117 Å². The van der Waals surface area contributed by atoms with Gasteiger partial charge in [-0.15, -0.1) is 0 Å². The van der Waals surface area contributed by atoms with E-state index >= 15 is 0 Å². The third kappa shape index (κ3) is 38.1. The molecule has 50 heavy (non-hydrogen) atoms. The Kier molecular flexibility index (Phi) is 38.1. The van der Waals surface area contributed by atoms with Gasteiger partial charge < -0.3 is 20.1 Å². The van der Waals surface area contributed by atoms with Gasteiger partial charge in [0, 0.05) is 13.0 Å². The lowest BCUT2D eigenvalue weighted by Gasteiger charge is -2.19. The quantitative estimate of drug-likeness (QED) is 0.0210. The van der Waals surface area contributed by atoms with Crippen molar-refractivity contribution in [3.05, 3.63) is 24.5 Å². The van der Waals surface area contributed by atoms with Crippen molar-refractivity contribution in [2.24, 2.45) is 5.73 Å². The molecule has 0 spiro atoms. The second kappa shape index (κ2) is 39.0. The highest BCUT2D eigenvalue weighted by Gasteiger charge is 2.24. The second-order valence-corrected chi connectivity index (χ2v) is 15.4. The van der Waals surface area contributed by atoms with Crippen molar-refractivity contribution in [3.63, 3.8) is 0 Å². The standard InChI is InChI=1S/C41H80NO7P/c1-3-5-7-9-11-13-15-17-19-21-23-25-27-29-31-33-36-46-40(39-49-50(44,45)48-37-35-42)38-47-41(43)34-32-30-28-26-24-22-20-18-16-14-12-10-8-6-4-2/h13,15,33,36,40H,3-12,14,16-32,34-35,37-39,42H2,1-2H3,(H,44,45)/t40-/m1/s1. The molecule has 1 unspecified atom stereocenters. The van der Waals surface area contributed by atoms with E-state index < -0.39 is 13.9 Å². The van der Waals surface area contributed by atoms with E-state index in [0.29, 0.717) is 6.42 Å². The molecule has 0 saturated carbocycles. The van der Waals surface area contributed by atoms with Crippen LogP contribution in [-0.4, -0.2) is 43.3 Å². The Hall–Kier alpha value is -1.18. The zero-order chi connectivity index (χ0) is 36.6. The first-order chi connectivity index (χ1) is 24.4. The Morgan fingerprint density at radius 2 is 1.02 bits per heavy atom.